The molecule has 0 aliphatic heterocycles. The second kappa shape index (κ2) is 4.03. The van der Waals surface area contributed by atoms with Crippen LogP contribution in [0.3, 0.4) is 0 Å². The standard InChI is InChI=1S/C8H10FNO/c1-2-11-6-7-3-8(9)5-10-4-7/h3-5H,2,6H2,1H3. The summed E-state index contributed by atoms with van der Waals surface area (Å²) in [4.78, 5) is 3.68. The third-order valence-corrected chi connectivity index (χ3v) is 1.23. The van der Waals surface area contributed by atoms with Gasteiger partial charge in [0.05, 0.1) is 12.8 Å². The van der Waals surface area contributed by atoms with Gasteiger partial charge in [0.15, 0.2) is 0 Å². The minimum absolute atomic E-state index is 0.317. The molecule has 0 N–H and O–H groups in total. The van der Waals surface area contributed by atoms with Gasteiger partial charge in [-0.3, -0.25) is 4.98 Å². The first kappa shape index (κ1) is 8.14. The van der Waals surface area contributed by atoms with Crippen molar-refractivity contribution < 1.29 is 9.13 Å². The minimum Gasteiger partial charge on any atom is -0.377 e. The second-order valence-electron chi connectivity index (χ2n) is 2.15. The van der Waals surface area contributed by atoms with Crippen molar-refractivity contribution in [2.75, 3.05) is 6.61 Å². The molecule has 0 saturated carbocycles. The van der Waals surface area contributed by atoms with Crippen LogP contribution in [-0.4, -0.2) is 11.6 Å². The molecule has 2 nitrogen and oxygen atoms in total. The molecule has 60 valence electrons. The SMILES string of the molecule is CCOCc1cncc(F)c1. The Morgan fingerprint density at radius 1 is 1.55 bits per heavy atom. The zero-order chi connectivity index (χ0) is 8.10. The van der Waals surface area contributed by atoms with Crippen LogP contribution in [0.1, 0.15) is 12.5 Å². The van der Waals surface area contributed by atoms with Gasteiger partial charge in [-0.05, 0) is 18.6 Å². The first-order valence-electron chi connectivity index (χ1n) is 3.50. The predicted molar refractivity (Wildman–Crippen MR) is 39.5 cm³/mol. The summed E-state index contributed by atoms with van der Waals surface area (Å²) in [5.41, 5.74) is 0.770. The highest BCUT2D eigenvalue weighted by Gasteiger charge is 1.94. The Kier molecular flexibility index (Phi) is 2.98. The smallest absolute Gasteiger partial charge is 0.141 e. The zero-order valence-corrected chi connectivity index (χ0v) is 6.38. The van der Waals surface area contributed by atoms with E-state index in [4.69, 9.17) is 4.74 Å². The Morgan fingerprint density at radius 3 is 3.00 bits per heavy atom. The molecular formula is C8H10FNO. The molecule has 0 radical (unpaired) electrons. The quantitative estimate of drug-likeness (QED) is 0.663. The van der Waals surface area contributed by atoms with Gasteiger partial charge in [-0.15, -0.1) is 0 Å². The van der Waals surface area contributed by atoms with Crippen molar-refractivity contribution in [1.82, 2.24) is 4.98 Å². The average Bonchev–Trinajstić information content (AvgIpc) is 2.01. The molecular weight excluding hydrogens is 145 g/mol. The normalized spacial score (nSPS) is 10.0. The summed E-state index contributed by atoms with van der Waals surface area (Å²) >= 11 is 0. The van der Waals surface area contributed by atoms with E-state index >= 15 is 0 Å². The molecule has 0 aliphatic rings. The number of hydrogen-bond donors (Lipinski definition) is 0. The van der Waals surface area contributed by atoms with Gasteiger partial charge in [0.1, 0.15) is 5.82 Å². The third-order valence-electron chi connectivity index (χ3n) is 1.23. The van der Waals surface area contributed by atoms with Gasteiger partial charge in [-0.2, -0.15) is 0 Å². The Morgan fingerprint density at radius 2 is 2.36 bits per heavy atom. The highest BCUT2D eigenvalue weighted by Crippen LogP contribution is 2.01. The molecule has 11 heavy (non-hydrogen) atoms. The van der Waals surface area contributed by atoms with Gasteiger partial charge in [-0.1, -0.05) is 0 Å². The summed E-state index contributed by atoms with van der Waals surface area (Å²) in [7, 11) is 0. The van der Waals surface area contributed by atoms with Crippen LogP contribution in [0.15, 0.2) is 18.5 Å². The van der Waals surface area contributed by atoms with Crippen molar-refractivity contribution >= 4 is 0 Å². The van der Waals surface area contributed by atoms with Gasteiger partial charge < -0.3 is 4.74 Å². The van der Waals surface area contributed by atoms with Gasteiger partial charge in [0.25, 0.3) is 0 Å². The summed E-state index contributed by atoms with van der Waals surface area (Å²) in [6, 6.07) is 1.42. The zero-order valence-electron chi connectivity index (χ0n) is 6.38. The van der Waals surface area contributed by atoms with Crippen LogP contribution >= 0.6 is 0 Å². The van der Waals surface area contributed by atoms with E-state index in [9.17, 15) is 4.39 Å². The van der Waals surface area contributed by atoms with Crippen molar-refractivity contribution in [2.24, 2.45) is 0 Å². The molecule has 1 aromatic heterocycles. The first-order valence-corrected chi connectivity index (χ1v) is 3.50. The van der Waals surface area contributed by atoms with E-state index in [1.54, 1.807) is 6.20 Å². The summed E-state index contributed by atoms with van der Waals surface area (Å²) in [5, 5.41) is 0. The number of rotatable bonds is 3. The number of nitrogens with zero attached hydrogens (tertiary/aromatic N) is 1. The monoisotopic (exact) mass is 155 g/mol. The maximum atomic E-state index is 12.5. The average molecular weight is 155 g/mol. The number of aromatic nitrogens is 1. The van der Waals surface area contributed by atoms with Gasteiger partial charge >= 0.3 is 0 Å². The summed E-state index contributed by atoms with van der Waals surface area (Å²) in [6.45, 7) is 2.96. The van der Waals surface area contributed by atoms with E-state index < -0.39 is 0 Å². The van der Waals surface area contributed by atoms with Crippen LogP contribution in [-0.2, 0) is 11.3 Å². The van der Waals surface area contributed by atoms with Gasteiger partial charge in [-0.25, -0.2) is 4.39 Å². The Balaban J connectivity index is 2.56. The van der Waals surface area contributed by atoms with E-state index in [1.165, 1.54) is 12.3 Å². The molecule has 0 unspecified atom stereocenters. The summed E-state index contributed by atoms with van der Waals surface area (Å²) < 4.78 is 17.5. The third kappa shape index (κ3) is 2.63. The molecule has 1 rings (SSSR count). The highest BCUT2D eigenvalue weighted by atomic mass is 19.1. The van der Waals surface area contributed by atoms with Crippen molar-refractivity contribution in [3.8, 4) is 0 Å². The van der Waals surface area contributed by atoms with Crippen LogP contribution in [0, 0.1) is 5.82 Å². The number of halogens is 1. The maximum Gasteiger partial charge on any atom is 0.141 e. The fourth-order valence-electron chi connectivity index (χ4n) is 0.755. The van der Waals surface area contributed by atoms with Crippen LogP contribution in [0.2, 0.25) is 0 Å². The lowest BCUT2D eigenvalue weighted by Crippen LogP contribution is -1.93. The summed E-state index contributed by atoms with van der Waals surface area (Å²) in [5.74, 6) is -0.317. The van der Waals surface area contributed by atoms with Crippen LogP contribution in [0.5, 0.6) is 0 Å². The van der Waals surface area contributed by atoms with E-state index in [1.807, 2.05) is 6.92 Å². The molecule has 1 heterocycles. The molecule has 1 aromatic rings. The number of hydrogen-bond acceptors (Lipinski definition) is 2. The topological polar surface area (TPSA) is 22.1 Å². The lowest BCUT2D eigenvalue weighted by molar-refractivity contribution is 0.133. The second-order valence-corrected chi connectivity index (χ2v) is 2.15. The van der Waals surface area contributed by atoms with Crippen molar-refractivity contribution in [3.05, 3.63) is 29.8 Å². The van der Waals surface area contributed by atoms with E-state index in [2.05, 4.69) is 4.98 Å². The largest absolute Gasteiger partial charge is 0.377 e. The minimum atomic E-state index is -0.317. The van der Waals surface area contributed by atoms with Crippen LogP contribution in [0.25, 0.3) is 0 Å². The Labute approximate surface area is 65.0 Å². The molecule has 0 amide bonds. The lowest BCUT2D eigenvalue weighted by atomic mass is 10.3. The van der Waals surface area contributed by atoms with Gasteiger partial charge in [0.2, 0.25) is 0 Å². The molecule has 0 atom stereocenters. The summed E-state index contributed by atoms with van der Waals surface area (Å²) in [6.07, 6.45) is 2.77. The molecule has 0 aromatic carbocycles. The Hall–Kier alpha value is -0.960. The van der Waals surface area contributed by atoms with Gasteiger partial charge in [0, 0.05) is 12.8 Å². The maximum absolute atomic E-state index is 12.5. The van der Waals surface area contributed by atoms with Crippen LogP contribution < -0.4 is 0 Å². The first-order chi connectivity index (χ1) is 5.33. The van der Waals surface area contributed by atoms with Crippen molar-refractivity contribution in [2.45, 2.75) is 13.5 Å². The molecule has 0 aliphatic carbocycles. The predicted octanol–water partition coefficient (Wildman–Crippen LogP) is 1.76. The fraction of sp³-hybridized carbons (Fsp3) is 0.375. The van der Waals surface area contributed by atoms with E-state index in [-0.39, 0.29) is 5.82 Å². The lowest BCUT2D eigenvalue weighted by Gasteiger charge is -1.99. The van der Waals surface area contributed by atoms with Crippen molar-refractivity contribution in [1.29, 1.82) is 0 Å². The Bertz CT molecular complexity index is 227. The van der Waals surface area contributed by atoms with E-state index in [0.717, 1.165) is 5.56 Å². The molecule has 0 saturated heterocycles. The molecule has 0 fully saturated rings. The van der Waals surface area contributed by atoms with Crippen molar-refractivity contribution in [3.63, 3.8) is 0 Å². The molecule has 3 heteroatoms. The molecule has 0 bridgehead atoms. The molecule has 0 spiro atoms. The van der Waals surface area contributed by atoms with E-state index in [0.29, 0.717) is 13.2 Å². The number of pyridine rings is 1. The number of ether oxygens (including phenoxy) is 1. The highest BCUT2D eigenvalue weighted by molar-refractivity contribution is 5.08. The fourth-order valence-corrected chi connectivity index (χ4v) is 0.755. The van der Waals surface area contributed by atoms with Crippen LogP contribution in [0.4, 0.5) is 4.39 Å².